The number of allylic oxidation sites excluding steroid dienone is 2. The van der Waals surface area contributed by atoms with E-state index in [9.17, 15) is 9.59 Å². The van der Waals surface area contributed by atoms with E-state index in [4.69, 9.17) is 4.42 Å². The highest BCUT2D eigenvalue weighted by Gasteiger charge is 2.20. The Balaban J connectivity index is 2.41. The molecule has 0 radical (unpaired) electrons. The first-order valence-corrected chi connectivity index (χ1v) is 4.54. The highest BCUT2D eigenvalue weighted by molar-refractivity contribution is 6.23. The Morgan fingerprint density at radius 2 is 1.60 bits per heavy atom. The summed E-state index contributed by atoms with van der Waals surface area (Å²) in [5.41, 5.74) is 1.51. The fourth-order valence-corrected chi connectivity index (χ4v) is 1.75. The Morgan fingerprint density at radius 1 is 0.933 bits per heavy atom. The maximum atomic E-state index is 11.5. The molecule has 1 heterocycles. The molecule has 1 aromatic heterocycles. The van der Waals surface area contributed by atoms with Crippen molar-refractivity contribution in [2.75, 3.05) is 0 Å². The summed E-state index contributed by atoms with van der Waals surface area (Å²) in [5.74, 6) is -0.282. The van der Waals surface area contributed by atoms with Crippen LogP contribution in [0.2, 0.25) is 0 Å². The van der Waals surface area contributed by atoms with Crippen LogP contribution in [-0.2, 0) is 0 Å². The molecule has 0 saturated heterocycles. The second-order valence-electron chi connectivity index (χ2n) is 3.42. The summed E-state index contributed by atoms with van der Waals surface area (Å²) in [6, 6.07) is 5.08. The first-order valence-electron chi connectivity index (χ1n) is 4.54. The normalized spacial score (nSPS) is 14.7. The molecule has 1 aliphatic carbocycles. The summed E-state index contributed by atoms with van der Waals surface area (Å²) in [6.07, 6.45) is 4.13. The second-order valence-corrected chi connectivity index (χ2v) is 3.42. The smallest absolute Gasteiger partial charge is 0.186 e. The minimum absolute atomic E-state index is 0.132. The van der Waals surface area contributed by atoms with Gasteiger partial charge in [0, 0.05) is 16.5 Å². The second kappa shape index (κ2) is 2.67. The molecule has 0 N–H and O–H groups in total. The number of furan rings is 1. The van der Waals surface area contributed by atoms with Gasteiger partial charge in [-0.1, -0.05) is 0 Å². The van der Waals surface area contributed by atoms with E-state index in [1.807, 2.05) is 0 Å². The van der Waals surface area contributed by atoms with Crippen LogP contribution >= 0.6 is 0 Å². The van der Waals surface area contributed by atoms with E-state index in [2.05, 4.69) is 0 Å². The molecule has 0 aliphatic heterocycles. The number of hydrogen-bond acceptors (Lipinski definition) is 3. The number of carbonyl (C=O) groups is 2. The number of carbonyl (C=O) groups excluding carboxylic acids is 2. The van der Waals surface area contributed by atoms with Crippen LogP contribution in [0.3, 0.4) is 0 Å². The van der Waals surface area contributed by atoms with E-state index in [-0.39, 0.29) is 11.6 Å². The Kier molecular flexibility index (Phi) is 1.45. The van der Waals surface area contributed by atoms with Gasteiger partial charge in [-0.2, -0.15) is 0 Å². The highest BCUT2D eigenvalue weighted by Crippen LogP contribution is 2.24. The fourth-order valence-electron chi connectivity index (χ4n) is 1.75. The van der Waals surface area contributed by atoms with E-state index < -0.39 is 0 Å². The van der Waals surface area contributed by atoms with Crippen molar-refractivity contribution in [2.24, 2.45) is 0 Å². The van der Waals surface area contributed by atoms with Crippen LogP contribution in [-0.4, -0.2) is 11.6 Å². The minimum atomic E-state index is -0.150. The van der Waals surface area contributed by atoms with E-state index in [1.165, 1.54) is 12.2 Å². The number of fused-ring (bicyclic) bond motifs is 2. The van der Waals surface area contributed by atoms with Gasteiger partial charge in [0.1, 0.15) is 5.58 Å². The van der Waals surface area contributed by atoms with Crippen molar-refractivity contribution in [3.05, 3.63) is 47.7 Å². The summed E-state index contributed by atoms with van der Waals surface area (Å²) in [4.78, 5) is 23.0. The van der Waals surface area contributed by atoms with Gasteiger partial charge in [-0.3, -0.25) is 9.59 Å². The third-order valence-electron chi connectivity index (χ3n) is 2.51. The van der Waals surface area contributed by atoms with Crippen LogP contribution in [0.25, 0.3) is 11.0 Å². The van der Waals surface area contributed by atoms with Gasteiger partial charge in [-0.15, -0.1) is 0 Å². The molecule has 72 valence electrons. The molecule has 1 aromatic carbocycles. The maximum absolute atomic E-state index is 11.5. The average molecular weight is 198 g/mol. The summed E-state index contributed by atoms with van der Waals surface area (Å²) >= 11 is 0. The summed E-state index contributed by atoms with van der Waals surface area (Å²) in [7, 11) is 0. The predicted octanol–water partition coefficient (Wildman–Crippen LogP) is 2.37. The van der Waals surface area contributed by atoms with Gasteiger partial charge in [-0.05, 0) is 30.4 Å². The average Bonchev–Trinajstić information content (AvgIpc) is 2.69. The van der Waals surface area contributed by atoms with Gasteiger partial charge in [0.25, 0.3) is 0 Å². The molecule has 0 saturated carbocycles. The molecule has 0 bridgehead atoms. The van der Waals surface area contributed by atoms with Crippen molar-refractivity contribution in [3.8, 4) is 0 Å². The van der Waals surface area contributed by atoms with Crippen molar-refractivity contribution < 1.29 is 14.0 Å². The van der Waals surface area contributed by atoms with E-state index >= 15 is 0 Å². The fraction of sp³-hybridized carbons (Fsp3) is 0. The highest BCUT2D eigenvalue weighted by atomic mass is 16.3. The zero-order valence-electron chi connectivity index (χ0n) is 7.69. The molecule has 2 aromatic rings. The van der Waals surface area contributed by atoms with Gasteiger partial charge in [-0.25, -0.2) is 0 Å². The largest absolute Gasteiger partial charge is 0.464 e. The lowest BCUT2D eigenvalue weighted by Crippen LogP contribution is -2.10. The van der Waals surface area contributed by atoms with Crippen LogP contribution in [0.4, 0.5) is 0 Å². The lowest BCUT2D eigenvalue weighted by Gasteiger charge is -2.07. The molecule has 0 unspecified atom stereocenters. The zero-order chi connectivity index (χ0) is 10.4. The van der Waals surface area contributed by atoms with Gasteiger partial charge < -0.3 is 4.42 Å². The molecule has 3 rings (SSSR count). The SMILES string of the molecule is O=C1C=CC(=O)c2cc3occc3cc21. The van der Waals surface area contributed by atoms with E-state index in [0.717, 1.165) is 5.39 Å². The summed E-state index contributed by atoms with van der Waals surface area (Å²) < 4.78 is 5.18. The lowest BCUT2D eigenvalue weighted by atomic mass is 9.94. The molecule has 0 amide bonds. The predicted molar refractivity (Wildman–Crippen MR) is 54.0 cm³/mol. The van der Waals surface area contributed by atoms with E-state index in [1.54, 1.807) is 24.5 Å². The van der Waals surface area contributed by atoms with Gasteiger partial charge in [0.2, 0.25) is 0 Å². The summed E-state index contributed by atoms with van der Waals surface area (Å²) in [5, 5.41) is 0.838. The van der Waals surface area contributed by atoms with Crippen molar-refractivity contribution in [1.29, 1.82) is 0 Å². The van der Waals surface area contributed by atoms with Crippen molar-refractivity contribution >= 4 is 22.5 Å². The molecular formula is C12H6O3. The van der Waals surface area contributed by atoms with Gasteiger partial charge >= 0.3 is 0 Å². The third-order valence-corrected chi connectivity index (χ3v) is 2.51. The van der Waals surface area contributed by atoms with Crippen molar-refractivity contribution in [2.45, 2.75) is 0 Å². The van der Waals surface area contributed by atoms with Crippen molar-refractivity contribution in [3.63, 3.8) is 0 Å². The number of benzene rings is 1. The summed E-state index contributed by atoms with van der Waals surface area (Å²) in [6.45, 7) is 0. The van der Waals surface area contributed by atoms with E-state index in [0.29, 0.717) is 16.7 Å². The molecule has 0 spiro atoms. The topological polar surface area (TPSA) is 47.3 Å². The van der Waals surface area contributed by atoms with Gasteiger partial charge in [0.15, 0.2) is 11.6 Å². The lowest BCUT2D eigenvalue weighted by molar-refractivity contribution is 0.0994. The molecule has 0 fully saturated rings. The van der Waals surface area contributed by atoms with Gasteiger partial charge in [0.05, 0.1) is 6.26 Å². The Labute approximate surface area is 85.0 Å². The maximum Gasteiger partial charge on any atom is 0.186 e. The zero-order valence-corrected chi connectivity index (χ0v) is 7.69. The first kappa shape index (κ1) is 8.17. The monoisotopic (exact) mass is 198 g/mol. The number of hydrogen-bond donors (Lipinski definition) is 0. The molecule has 3 heteroatoms. The van der Waals surface area contributed by atoms with Crippen LogP contribution in [0.15, 0.2) is 41.0 Å². The Morgan fingerprint density at radius 3 is 2.33 bits per heavy atom. The van der Waals surface area contributed by atoms with Crippen LogP contribution in [0, 0.1) is 0 Å². The number of rotatable bonds is 0. The molecule has 3 nitrogen and oxygen atoms in total. The first-order chi connectivity index (χ1) is 7.25. The quantitative estimate of drug-likeness (QED) is 0.652. The molecule has 15 heavy (non-hydrogen) atoms. The molecule has 0 atom stereocenters. The molecular weight excluding hydrogens is 192 g/mol. The van der Waals surface area contributed by atoms with Crippen LogP contribution in [0.5, 0.6) is 0 Å². The third kappa shape index (κ3) is 1.06. The Hall–Kier alpha value is -2.16. The Bertz CT molecular complexity index is 565. The number of ketones is 2. The standard InChI is InChI=1S/C12H6O3/c13-10-1-2-11(14)9-6-12-7(3-4-15-12)5-8(9)10/h1-6H. The molecule has 1 aliphatic rings. The van der Waals surface area contributed by atoms with Crippen LogP contribution in [0.1, 0.15) is 20.7 Å². The minimum Gasteiger partial charge on any atom is -0.464 e. The van der Waals surface area contributed by atoms with Crippen LogP contribution < -0.4 is 0 Å². The van der Waals surface area contributed by atoms with Crippen molar-refractivity contribution in [1.82, 2.24) is 0 Å².